The Kier molecular flexibility index (Phi) is 7.21. The van der Waals surface area contributed by atoms with E-state index in [4.69, 9.17) is 23.2 Å². The van der Waals surface area contributed by atoms with Crippen molar-refractivity contribution in [2.24, 2.45) is 0 Å². The van der Waals surface area contributed by atoms with Gasteiger partial charge in [-0.25, -0.2) is 4.39 Å². The van der Waals surface area contributed by atoms with Gasteiger partial charge in [-0.3, -0.25) is 0 Å². The van der Waals surface area contributed by atoms with Crippen LogP contribution in [0.2, 0.25) is 16.4 Å². The van der Waals surface area contributed by atoms with Gasteiger partial charge in [0.25, 0.3) is 0 Å². The summed E-state index contributed by atoms with van der Waals surface area (Å²) in [6.45, 7) is 2.22. The summed E-state index contributed by atoms with van der Waals surface area (Å²) in [4.78, 5) is 0. The first-order valence-electron chi connectivity index (χ1n) is 10.0. The molecule has 0 atom stereocenters. The summed E-state index contributed by atoms with van der Waals surface area (Å²) in [5.41, 5.74) is 3.58. The Bertz CT molecular complexity index is 763. The lowest BCUT2D eigenvalue weighted by atomic mass is 9.14. The normalized spacial score (nSPS) is 11.6. The largest absolute Gasteiger partial charge is 0.207 e. The highest BCUT2D eigenvalue weighted by atomic mass is 35.5. The van der Waals surface area contributed by atoms with E-state index in [-0.39, 0.29) is 5.82 Å². The molecule has 0 saturated carbocycles. The zero-order chi connectivity index (χ0) is 20.0. The number of halogens is 3. The van der Waals surface area contributed by atoms with Crippen LogP contribution in [0.4, 0.5) is 4.39 Å². The molecular formula is C24H25BCl2F-. The van der Waals surface area contributed by atoms with Gasteiger partial charge < -0.3 is 0 Å². The zero-order valence-corrected chi connectivity index (χ0v) is 17.7. The average Bonchev–Trinajstić information content (AvgIpc) is 2.71. The lowest BCUT2D eigenvalue weighted by Crippen LogP contribution is -2.66. The minimum absolute atomic E-state index is 0.216. The Morgan fingerprint density at radius 2 is 1.07 bits per heavy atom. The van der Waals surface area contributed by atoms with Crippen LogP contribution in [0.25, 0.3) is 0 Å². The van der Waals surface area contributed by atoms with Gasteiger partial charge in [-0.1, -0.05) is 92.2 Å². The number of benzene rings is 3. The Balaban J connectivity index is 2.18. The Morgan fingerprint density at radius 3 is 1.50 bits per heavy atom. The highest BCUT2D eigenvalue weighted by Gasteiger charge is 2.29. The van der Waals surface area contributed by atoms with Crippen LogP contribution in [-0.4, -0.2) is 6.15 Å². The van der Waals surface area contributed by atoms with Gasteiger partial charge in [-0.2, -0.15) is 22.7 Å². The first kappa shape index (κ1) is 21.0. The summed E-state index contributed by atoms with van der Waals surface area (Å²) >= 11 is 12.4. The molecule has 146 valence electrons. The maximum absolute atomic E-state index is 13.7. The van der Waals surface area contributed by atoms with Crippen LogP contribution in [0, 0.1) is 5.82 Å². The van der Waals surface area contributed by atoms with Crippen molar-refractivity contribution in [3.63, 3.8) is 0 Å². The quantitative estimate of drug-likeness (QED) is 0.305. The molecule has 3 rings (SSSR count). The molecule has 0 aliphatic heterocycles. The second-order valence-corrected chi connectivity index (χ2v) is 8.42. The van der Waals surface area contributed by atoms with Crippen LogP contribution in [0.5, 0.6) is 0 Å². The fourth-order valence-electron chi connectivity index (χ4n) is 4.33. The molecule has 0 amide bonds. The van der Waals surface area contributed by atoms with E-state index in [0.717, 1.165) is 28.2 Å². The number of hydrogen-bond acceptors (Lipinski definition) is 0. The summed E-state index contributed by atoms with van der Waals surface area (Å²) in [6, 6.07) is 23.2. The first-order valence-corrected chi connectivity index (χ1v) is 10.8. The van der Waals surface area contributed by atoms with Crippen molar-refractivity contribution >= 4 is 45.7 Å². The first-order chi connectivity index (χ1) is 13.6. The molecule has 0 radical (unpaired) electrons. The van der Waals surface area contributed by atoms with Crippen LogP contribution in [0.3, 0.4) is 0 Å². The zero-order valence-electron chi connectivity index (χ0n) is 16.2. The molecule has 3 aromatic rings. The van der Waals surface area contributed by atoms with Gasteiger partial charge >= 0.3 is 0 Å². The maximum Gasteiger partial charge on any atom is 0.122 e. The van der Waals surface area contributed by atoms with Crippen LogP contribution in [-0.2, 0) is 0 Å². The van der Waals surface area contributed by atoms with Gasteiger partial charge in [0, 0.05) is 10.0 Å². The molecular weight excluding hydrogens is 389 g/mol. The van der Waals surface area contributed by atoms with Gasteiger partial charge in [0.15, 0.2) is 0 Å². The van der Waals surface area contributed by atoms with Crippen molar-refractivity contribution in [1.29, 1.82) is 0 Å². The smallest absolute Gasteiger partial charge is 0.122 e. The third kappa shape index (κ3) is 4.62. The standard InChI is InChI=1S/C24H25BCl2F/c1-2-3-4-5-18-25(19-6-12-22(26)13-7-19,20-8-14-23(27)15-9-20)21-10-16-24(28)17-11-21/h6-17H,2-5,18H2,1H3/q-1. The van der Waals surface area contributed by atoms with Crippen molar-refractivity contribution in [1.82, 2.24) is 0 Å². The topological polar surface area (TPSA) is 0 Å². The summed E-state index contributed by atoms with van der Waals surface area (Å²) in [6.07, 6.45) is 4.44. The number of rotatable bonds is 8. The monoisotopic (exact) mass is 413 g/mol. The van der Waals surface area contributed by atoms with Crippen molar-refractivity contribution < 1.29 is 4.39 Å². The van der Waals surface area contributed by atoms with E-state index in [1.807, 2.05) is 36.4 Å². The summed E-state index contributed by atoms with van der Waals surface area (Å²) < 4.78 is 13.7. The highest BCUT2D eigenvalue weighted by Crippen LogP contribution is 2.20. The van der Waals surface area contributed by atoms with E-state index in [1.165, 1.54) is 30.2 Å². The average molecular weight is 414 g/mol. The van der Waals surface area contributed by atoms with Gasteiger partial charge in [-0.05, 0) is 36.4 Å². The molecule has 0 nitrogen and oxygen atoms in total. The van der Waals surface area contributed by atoms with Crippen LogP contribution >= 0.6 is 23.2 Å². The molecule has 0 N–H and O–H groups in total. The van der Waals surface area contributed by atoms with E-state index in [2.05, 4.69) is 31.2 Å². The number of unbranched alkanes of at least 4 members (excludes halogenated alkanes) is 3. The Labute approximate surface area is 177 Å². The third-order valence-electron chi connectivity index (χ3n) is 5.81. The predicted octanol–water partition coefficient (Wildman–Crippen LogP) is 6.18. The molecule has 0 aromatic heterocycles. The second kappa shape index (κ2) is 9.63. The van der Waals surface area contributed by atoms with E-state index >= 15 is 0 Å². The van der Waals surface area contributed by atoms with Gasteiger partial charge in [-0.15, -0.1) is 0 Å². The van der Waals surface area contributed by atoms with Crippen LogP contribution in [0.15, 0.2) is 72.8 Å². The fraction of sp³-hybridized carbons (Fsp3) is 0.250. The van der Waals surface area contributed by atoms with Gasteiger partial charge in [0.1, 0.15) is 5.82 Å². The van der Waals surface area contributed by atoms with Crippen molar-refractivity contribution in [3.8, 4) is 0 Å². The molecule has 0 spiro atoms. The molecule has 0 fully saturated rings. The van der Waals surface area contributed by atoms with E-state index in [9.17, 15) is 4.39 Å². The second-order valence-electron chi connectivity index (χ2n) is 7.55. The highest BCUT2D eigenvalue weighted by molar-refractivity contribution is 7.11. The molecule has 0 saturated heterocycles. The Hall–Kier alpha value is -1.77. The van der Waals surface area contributed by atoms with Crippen molar-refractivity contribution in [3.05, 3.63) is 88.7 Å². The molecule has 3 aromatic carbocycles. The van der Waals surface area contributed by atoms with Crippen LogP contribution < -0.4 is 16.4 Å². The minimum Gasteiger partial charge on any atom is -0.207 e. The number of hydrogen-bond donors (Lipinski definition) is 0. The Morgan fingerprint density at radius 1 is 0.643 bits per heavy atom. The van der Waals surface area contributed by atoms with Gasteiger partial charge in [0.05, 0.1) is 6.15 Å². The maximum atomic E-state index is 13.7. The molecule has 28 heavy (non-hydrogen) atoms. The molecule has 4 heteroatoms. The summed E-state index contributed by atoms with van der Waals surface area (Å²) in [5.74, 6) is -0.216. The van der Waals surface area contributed by atoms with Crippen molar-refractivity contribution in [2.75, 3.05) is 0 Å². The van der Waals surface area contributed by atoms with E-state index < -0.39 is 6.15 Å². The molecule has 0 aliphatic rings. The van der Waals surface area contributed by atoms with Crippen molar-refractivity contribution in [2.45, 2.75) is 38.9 Å². The third-order valence-corrected chi connectivity index (χ3v) is 6.31. The molecule has 0 heterocycles. The lowest BCUT2D eigenvalue weighted by molar-refractivity contribution is 0.628. The summed E-state index contributed by atoms with van der Waals surface area (Å²) in [7, 11) is 0. The van der Waals surface area contributed by atoms with Gasteiger partial charge in [0.2, 0.25) is 0 Å². The predicted molar refractivity (Wildman–Crippen MR) is 123 cm³/mol. The SMILES string of the molecule is CCCCCC[B-](c1ccc(F)cc1)(c1ccc(Cl)cc1)c1ccc(Cl)cc1. The summed E-state index contributed by atoms with van der Waals surface area (Å²) in [5, 5.41) is 1.43. The fourth-order valence-corrected chi connectivity index (χ4v) is 4.58. The van der Waals surface area contributed by atoms with E-state index in [1.54, 1.807) is 12.1 Å². The minimum atomic E-state index is -1.26. The van der Waals surface area contributed by atoms with E-state index in [0.29, 0.717) is 0 Å². The lowest BCUT2D eigenvalue weighted by Gasteiger charge is -2.43. The van der Waals surface area contributed by atoms with Crippen LogP contribution in [0.1, 0.15) is 32.6 Å². The molecule has 0 unspecified atom stereocenters. The molecule has 0 aliphatic carbocycles. The molecule has 0 bridgehead atoms.